The highest BCUT2D eigenvalue weighted by molar-refractivity contribution is 5.63. The number of rotatable bonds is 7. The van der Waals surface area contributed by atoms with E-state index in [1.165, 1.54) is 13.2 Å². The summed E-state index contributed by atoms with van der Waals surface area (Å²) in [5.74, 6) is 0.373. The third kappa shape index (κ3) is 4.19. The van der Waals surface area contributed by atoms with Gasteiger partial charge in [0.1, 0.15) is 11.5 Å². The van der Waals surface area contributed by atoms with Gasteiger partial charge in [-0.05, 0) is 23.8 Å². The first kappa shape index (κ1) is 17.0. The lowest BCUT2D eigenvalue weighted by Gasteiger charge is -2.28. The van der Waals surface area contributed by atoms with Crippen molar-refractivity contribution in [2.45, 2.75) is 0 Å². The molecular formula is C14H18O7. The third-order valence-electron chi connectivity index (χ3n) is 3.04. The van der Waals surface area contributed by atoms with Gasteiger partial charge in [0.05, 0.1) is 32.3 Å². The quantitative estimate of drug-likeness (QED) is 0.432. The summed E-state index contributed by atoms with van der Waals surface area (Å²) < 4.78 is 9.62. The van der Waals surface area contributed by atoms with E-state index in [0.717, 1.165) is 0 Å². The van der Waals surface area contributed by atoms with Gasteiger partial charge in [-0.25, -0.2) is 4.79 Å². The van der Waals surface area contributed by atoms with Crippen LogP contribution in [-0.2, 0) is 4.74 Å². The molecule has 116 valence electrons. The van der Waals surface area contributed by atoms with E-state index in [9.17, 15) is 20.1 Å². The van der Waals surface area contributed by atoms with Crippen LogP contribution in [0.25, 0.3) is 6.08 Å². The minimum Gasteiger partial charge on any atom is -0.497 e. The molecule has 0 fully saturated rings. The molecule has 4 N–H and O–H groups in total. The standard InChI is InChI=1S/C14H18O7/c1-20-11-4-2-10(3-5-11)6-12(21-13(18)19)14(7-15,8-16)9-17/h2-6,15-17H,7-9H2,1H3,(H,18,19). The van der Waals surface area contributed by atoms with Gasteiger partial charge in [-0.15, -0.1) is 0 Å². The number of aliphatic hydroxyl groups is 3. The summed E-state index contributed by atoms with van der Waals surface area (Å²) in [6, 6.07) is 6.59. The Morgan fingerprint density at radius 3 is 2.05 bits per heavy atom. The number of methoxy groups -OCH3 is 1. The zero-order valence-corrected chi connectivity index (χ0v) is 11.5. The molecule has 0 aromatic heterocycles. The Morgan fingerprint density at radius 1 is 1.14 bits per heavy atom. The van der Waals surface area contributed by atoms with Crippen molar-refractivity contribution in [2.75, 3.05) is 26.9 Å². The zero-order chi connectivity index (χ0) is 15.9. The van der Waals surface area contributed by atoms with Gasteiger partial charge in [-0.2, -0.15) is 0 Å². The average molecular weight is 298 g/mol. The molecule has 0 aliphatic rings. The van der Waals surface area contributed by atoms with E-state index in [4.69, 9.17) is 9.84 Å². The van der Waals surface area contributed by atoms with Crippen LogP contribution in [-0.4, -0.2) is 53.5 Å². The molecule has 0 atom stereocenters. The SMILES string of the molecule is COc1ccc(C=C(OC(=O)O)C(CO)(CO)CO)cc1. The summed E-state index contributed by atoms with van der Waals surface area (Å²) in [6.45, 7) is -2.01. The molecule has 0 spiro atoms. The number of hydrogen-bond acceptors (Lipinski definition) is 6. The maximum Gasteiger partial charge on any atom is 0.511 e. The maximum absolute atomic E-state index is 10.8. The highest BCUT2D eigenvalue weighted by Gasteiger charge is 2.36. The van der Waals surface area contributed by atoms with E-state index in [1.807, 2.05) is 0 Å². The van der Waals surface area contributed by atoms with Gasteiger partial charge < -0.3 is 29.9 Å². The van der Waals surface area contributed by atoms with Crippen LogP contribution in [0.3, 0.4) is 0 Å². The fourth-order valence-electron chi connectivity index (χ4n) is 1.62. The number of carbonyl (C=O) groups is 1. The Bertz CT molecular complexity index is 480. The second-order valence-corrected chi connectivity index (χ2v) is 4.40. The van der Waals surface area contributed by atoms with E-state index in [1.54, 1.807) is 24.3 Å². The molecule has 0 aliphatic heterocycles. The van der Waals surface area contributed by atoms with Crippen molar-refractivity contribution in [3.63, 3.8) is 0 Å². The lowest BCUT2D eigenvalue weighted by Crippen LogP contribution is -2.37. The van der Waals surface area contributed by atoms with Crippen LogP contribution in [0.4, 0.5) is 4.79 Å². The zero-order valence-electron chi connectivity index (χ0n) is 11.5. The van der Waals surface area contributed by atoms with Gasteiger partial charge in [0.25, 0.3) is 0 Å². The second-order valence-electron chi connectivity index (χ2n) is 4.40. The van der Waals surface area contributed by atoms with Gasteiger partial charge in [-0.3, -0.25) is 0 Å². The Hall–Kier alpha value is -2.09. The summed E-state index contributed by atoms with van der Waals surface area (Å²) in [4.78, 5) is 10.8. The van der Waals surface area contributed by atoms with Crippen molar-refractivity contribution < 1.29 is 34.7 Å². The number of ether oxygens (including phenoxy) is 2. The fourth-order valence-corrected chi connectivity index (χ4v) is 1.62. The number of benzene rings is 1. The van der Waals surface area contributed by atoms with E-state index in [0.29, 0.717) is 11.3 Å². The van der Waals surface area contributed by atoms with Crippen LogP contribution in [0.1, 0.15) is 5.56 Å². The third-order valence-corrected chi connectivity index (χ3v) is 3.04. The van der Waals surface area contributed by atoms with Crippen molar-refractivity contribution >= 4 is 12.2 Å². The molecule has 1 aromatic carbocycles. The minimum absolute atomic E-state index is 0.243. The monoisotopic (exact) mass is 298 g/mol. The molecule has 1 aromatic rings. The second kappa shape index (κ2) is 7.63. The molecule has 7 nitrogen and oxygen atoms in total. The Labute approximate surface area is 121 Å². The largest absolute Gasteiger partial charge is 0.511 e. The normalized spacial score (nSPS) is 12.1. The van der Waals surface area contributed by atoms with E-state index >= 15 is 0 Å². The van der Waals surface area contributed by atoms with Gasteiger partial charge >= 0.3 is 6.16 Å². The summed E-state index contributed by atoms with van der Waals surface area (Å²) in [6.07, 6.45) is -0.273. The fraction of sp³-hybridized carbons (Fsp3) is 0.357. The summed E-state index contributed by atoms with van der Waals surface area (Å²) in [7, 11) is 1.51. The van der Waals surface area contributed by atoms with Crippen LogP contribution in [0.15, 0.2) is 30.0 Å². The summed E-state index contributed by atoms with van der Waals surface area (Å²) in [5.41, 5.74) is -1.02. The highest BCUT2D eigenvalue weighted by Crippen LogP contribution is 2.29. The molecule has 0 heterocycles. The molecule has 1 rings (SSSR count). The molecule has 7 heteroatoms. The van der Waals surface area contributed by atoms with Crippen molar-refractivity contribution in [3.8, 4) is 5.75 Å². The van der Waals surface area contributed by atoms with Crippen LogP contribution >= 0.6 is 0 Å². The van der Waals surface area contributed by atoms with Crippen molar-refractivity contribution in [1.29, 1.82) is 0 Å². The molecular weight excluding hydrogens is 280 g/mol. The molecule has 0 unspecified atom stereocenters. The molecule has 0 saturated carbocycles. The van der Waals surface area contributed by atoms with Crippen LogP contribution < -0.4 is 4.74 Å². The average Bonchev–Trinajstić information content (AvgIpc) is 2.49. The summed E-state index contributed by atoms with van der Waals surface area (Å²) in [5, 5.41) is 36.9. The number of hydrogen-bond donors (Lipinski definition) is 4. The first-order valence-corrected chi connectivity index (χ1v) is 6.11. The van der Waals surface area contributed by atoms with Crippen molar-refractivity contribution in [3.05, 3.63) is 35.6 Å². The lowest BCUT2D eigenvalue weighted by molar-refractivity contribution is -0.00457. The van der Waals surface area contributed by atoms with Gasteiger partial charge in [0.15, 0.2) is 0 Å². The number of carboxylic acid groups (broad SMARTS) is 1. The van der Waals surface area contributed by atoms with Crippen LogP contribution in [0.2, 0.25) is 0 Å². The van der Waals surface area contributed by atoms with Gasteiger partial charge in [0.2, 0.25) is 0 Å². The van der Waals surface area contributed by atoms with Crippen molar-refractivity contribution in [1.82, 2.24) is 0 Å². The predicted molar refractivity (Wildman–Crippen MR) is 73.8 cm³/mol. The van der Waals surface area contributed by atoms with Crippen molar-refractivity contribution in [2.24, 2.45) is 5.41 Å². The molecule has 0 aliphatic carbocycles. The van der Waals surface area contributed by atoms with Crippen LogP contribution in [0, 0.1) is 5.41 Å². The Morgan fingerprint density at radius 2 is 1.67 bits per heavy atom. The lowest BCUT2D eigenvalue weighted by atomic mass is 9.87. The highest BCUT2D eigenvalue weighted by atomic mass is 16.7. The smallest absolute Gasteiger partial charge is 0.497 e. The van der Waals surface area contributed by atoms with Crippen LogP contribution in [0.5, 0.6) is 5.75 Å². The summed E-state index contributed by atoms with van der Waals surface area (Å²) >= 11 is 0. The molecule has 0 bridgehead atoms. The first-order chi connectivity index (χ1) is 10.0. The van der Waals surface area contributed by atoms with E-state index in [2.05, 4.69) is 4.74 Å². The minimum atomic E-state index is -1.60. The Balaban J connectivity index is 3.21. The number of aliphatic hydroxyl groups excluding tert-OH is 3. The molecule has 0 radical (unpaired) electrons. The first-order valence-electron chi connectivity index (χ1n) is 6.11. The maximum atomic E-state index is 10.8. The molecule has 0 amide bonds. The van der Waals surface area contributed by atoms with E-state index in [-0.39, 0.29) is 5.76 Å². The molecule has 21 heavy (non-hydrogen) atoms. The van der Waals surface area contributed by atoms with E-state index < -0.39 is 31.4 Å². The predicted octanol–water partition coefficient (Wildman–Crippen LogP) is 0.694. The van der Waals surface area contributed by atoms with Gasteiger partial charge in [-0.1, -0.05) is 12.1 Å². The topological polar surface area (TPSA) is 116 Å². The van der Waals surface area contributed by atoms with Gasteiger partial charge in [0, 0.05) is 0 Å². The molecule has 0 saturated heterocycles. The Kier molecular flexibility index (Phi) is 6.16.